The molecule has 2 rings (SSSR count). The van der Waals surface area contributed by atoms with Crippen molar-refractivity contribution in [2.45, 2.75) is 13.3 Å². The van der Waals surface area contributed by atoms with Gasteiger partial charge in [-0.15, -0.1) is 0 Å². The summed E-state index contributed by atoms with van der Waals surface area (Å²) < 4.78 is 13.8. The van der Waals surface area contributed by atoms with Crippen LogP contribution in [-0.2, 0) is 4.79 Å². The summed E-state index contributed by atoms with van der Waals surface area (Å²) in [6.45, 7) is 1.74. The molecule has 0 radical (unpaired) electrons. The van der Waals surface area contributed by atoms with Gasteiger partial charge in [0.1, 0.15) is 11.6 Å². The molecule has 1 N–H and O–H groups in total. The summed E-state index contributed by atoms with van der Waals surface area (Å²) in [6.07, 6.45) is 1.27. The third kappa shape index (κ3) is 3.66. The molecule has 22 heavy (non-hydrogen) atoms. The number of carbonyl (C=O) groups excluding carboxylic acids is 1. The highest BCUT2D eigenvalue weighted by atomic mass is 19.1. The lowest BCUT2D eigenvalue weighted by atomic mass is 10.1. The van der Waals surface area contributed by atoms with Crippen LogP contribution in [-0.4, -0.2) is 28.5 Å². The van der Waals surface area contributed by atoms with Crippen molar-refractivity contribution in [3.05, 3.63) is 59.5 Å². The minimum Gasteiger partial charge on any atom is -0.481 e. The van der Waals surface area contributed by atoms with Crippen LogP contribution in [0.5, 0.6) is 0 Å². The highest BCUT2D eigenvalue weighted by molar-refractivity contribution is 6.06. The molecule has 0 fully saturated rings. The second-order valence-electron chi connectivity index (χ2n) is 4.77. The van der Waals surface area contributed by atoms with E-state index in [1.54, 1.807) is 18.2 Å². The van der Waals surface area contributed by atoms with Crippen LogP contribution in [0.15, 0.2) is 42.6 Å². The molecule has 0 saturated carbocycles. The van der Waals surface area contributed by atoms with Crippen LogP contribution in [0.2, 0.25) is 0 Å². The van der Waals surface area contributed by atoms with Gasteiger partial charge in [-0.3, -0.25) is 14.5 Å². The van der Waals surface area contributed by atoms with E-state index in [1.165, 1.54) is 29.3 Å². The normalized spacial score (nSPS) is 10.3. The smallest absolute Gasteiger partial charge is 0.305 e. The number of carboxylic acids is 1. The van der Waals surface area contributed by atoms with Crippen LogP contribution in [0.4, 0.5) is 10.2 Å². The van der Waals surface area contributed by atoms with Crippen molar-refractivity contribution in [1.29, 1.82) is 0 Å². The number of rotatable bonds is 5. The Labute approximate surface area is 127 Å². The number of pyridine rings is 1. The molecule has 0 atom stereocenters. The van der Waals surface area contributed by atoms with Gasteiger partial charge in [0.25, 0.3) is 5.91 Å². The van der Waals surface area contributed by atoms with Gasteiger partial charge < -0.3 is 5.11 Å². The second-order valence-corrected chi connectivity index (χ2v) is 4.77. The van der Waals surface area contributed by atoms with Crippen LogP contribution in [0, 0.1) is 12.7 Å². The van der Waals surface area contributed by atoms with Gasteiger partial charge in [-0.05, 0) is 36.8 Å². The average molecular weight is 302 g/mol. The lowest BCUT2D eigenvalue weighted by Gasteiger charge is -2.21. The van der Waals surface area contributed by atoms with Crippen molar-refractivity contribution < 1.29 is 19.1 Å². The van der Waals surface area contributed by atoms with Crippen LogP contribution < -0.4 is 4.90 Å². The minimum absolute atomic E-state index is 0.0844. The lowest BCUT2D eigenvalue weighted by molar-refractivity contribution is -0.136. The standard InChI is InChI=1S/C16H15FN2O3/c1-11-6-8-18-14(10-11)19(9-7-15(20)21)16(22)12-4-2-3-5-13(12)17/h2-6,8,10H,7,9H2,1H3,(H,20,21). The Morgan fingerprint density at radius 1 is 1.27 bits per heavy atom. The highest BCUT2D eigenvalue weighted by Crippen LogP contribution is 2.18. The molecule has 0 aliphatic heterocycles. The van der Waals surface area contributed by atoms with Crippen molar-refractivity contribution >= 4 is 17.7 Å². The molecule has 114 valence electrons. The molecule has 1 aromatic heterocycles. The molecule has 0 unspecified atom stereocenters. The summed E-state index contributed by atoms with van der Waals surface area (Å²) in [4.78, 5) is 28.6. The van der Waals surface area contributed by atoms with Crippen molar-refractivity contribution in [2.75, 3.05) is 11.4 Å². The van der Waals surface area contributed by atoms with Crippen LogP contribution in [0.1, 0.15) is 22.3 Å². The van der Waals surface area contributed by atoms with E-state index in [4.69, 9.17) is 5.11 Å². The van der Waals surface area contributed by atoms with Gasteiger partial charge in [-0.25, -0.2) is 9.37 Å². The maximum atomic E-state index is 13.8. The van der Waals surface area contributed by atoms with Crippen molar-refractivity contribution in [1.82, 2.24) is 4.98 Å². The fourth-order valence-electron chi connectivity index (χ4n) is 1.98. The van der Waals surface area contributed by atoms with E-state index >= 15 is 0 Å². The maximum Gasteiger partial charge on any atom is 0.305 e. The molecule has 0 spiro atoms. The lowest BCUT2D eigenvalue weighted by Crippen LogP contribution is -2.34. The topological polar surface area (TPSA) is 70.5 Å². The summed E-state index contributed by atoms with van der Waals surface area (Å²) in [5.74, 6) is -2.01. The molecule has 0 saturated heterocycles. The van der Waals surface area contributed by atoms with E-state index < -0.39 is 17.7 Å². The molecule has 5 nitrogen and oxygen atoms in total. The number of carbonyl (C=O) groups is 2. The third-order valence-electron chi connectivity index (χ3n) is 3.08. The Morgan fingerprint density at radius 2 is 2.00 bits per heavy atom. The molecule has 1 heterocycles. The zero-order chi connectivity index (χ0) is 16.1. The zero-order valence-corrected chi connectivity index (χ0v) is 12.0. The molecule has 1 aromatic carbocycles. The van der Waals surface area contributed by atoms with Gasteiger partial charge in [0.2, 0.25) is 0 Å². The number of halogens is 1. The van der Waals surface area contributed by atoms with Gasteiger partial charge >= 0.3 is 5.97 Å². The molecule has 1 amide bonds. The Kier molecular flexibility index (Phi) is 4.83. The Bertz CT molecular complexity index is 703. The number of anilines is 1. The molecular weight excluding hydrogens is 287 g/mol. The quantitative estimate of drug-likeness (QED) is 0.921. The number of hydrogen-bond donors (Lipinski definition) is 1. The van der Waals surface area contributed by atoms with Gasteiger partial charge in [-0.1, -0.05) is 12.1 Å². The number of benzene rings is 1. The van der Waals surface area contributed by atoms with Crippen LogP contribution in [0.25, 0.3) is 0 Å². The van der Waals surface area contributed by atoms with E-state index in [-0.39, 0.29) is 18.5 Å². The number of nitrogens with zero attached hydrogens (tertiary/aromatic N) is 2. The van der Waals surface area contributed by atoms with Crippen molar-refractivity contribution in [3.8, 4) is 0 Å². The molecule has 0 aliphatic rings. The largest absolute Gasteiger partial charge is 0.481 e. The SMILES string of the molecule is Cc1ccnc(N(CCC(=O)O)C(=O)c2ccccc2F)c1. The van der Waals surface area contributed by atoms with Gasteiger partial charge in [0.05, 0.1) is 12.0 Å². The van der Waals surface area contributed by atoms with E-state index in [2.05, 4.69) is 4.98 Å². The summed E-state index contributed by atoms with van der Waals surface area (Å²) >= 11 is 0. The summed E-state index contributed by atoms with van der Waals surface area (Å²) in [7, 11) is 0. The Balaban J connectivity index is 2.37. The number of aromatic nitrogens is 1. The molecule has 0 bridgehead atoms. The number of aryl methyl sites for hydroxylation is 1. The first-order valence-corrected chi connectivity index (χ1v) is 6.70. The van der Waals surface area contributed by atoms with E-state index in [1.807, 2.05) is 6.92 Å². The summed E-state index contributed by atoms with van der Waals surface area (Å²) in [6, 6.07) is 8.99. The monoisotopic (exact) mass is 302 g/mol. The predicted octanol–water partition coefficient (Wildman–Crippen LogP) is 2.65. The first-order chi connectivity index (χ1) is 10.5. The summed E-state index contributed by atoms with van der Waals surface area (Å²) in [5.41, 5.74) is 0.753. The van der Waals surface area contributed by atoms with Crippen LogP contribution in [0.3, 0.4) is 0 Å². The Hall–Kier alpha value is -2.76. The van der Waals surface area contributed by atoms with Crippen molar-refractivity contribution in [3.63, 3.8) is 0 Å². The first-order valence-electron chi connectivity index (χ1n) is 6.70. The van der Waals surface area contributed by atoms with E-state index in [0.29, 0.717) is 5.82 Å². The fraction of sp³-hybridized carbons (Fsp3) is 0.188. The minimum atomic E-state index is -1.04. The molecular formula is C16H15FN2O3. The van der Waals surface area contributed by atoms with Gasteiger partial charge in [-0.2, -0.15) is 0 Å². The van der Waals surface area contributed by atoms with E-state index in [9.17, 15) is 14.0 Å². The maximum absolute atomic E-state index is 13.8. The van der Waals surface area contributed by atoms with Gasteiger partial charge in [0.15, 0.2) is 0 Å². The number of amides is 1. The molecule has 6 heteroatoms. The Morgan fingerprint density at radius 3 is 2.64 bits per heavy atom. The summed E-state index contributed by atoms with van der Waals surface area (Å²) in [5, 5.41) is 8.84. The van der Waals surface area contributed by atoms with Crippen molar-refractivity contribution in [2.24, 2.45) is 0 Å². The number of carboxylic acid groups (broad SMARTS) is 1. The molecule has 0 aliphatic carbocycles. The van der Waals surface area contributed by atoms with Gasteiger partial charge in [0, 0.05) is 12.7 Å². The molecule has 2 aromatic rings. The zero-order valence-electron chi connectivity index (χ0n) is 12.0. The van der Waals surface area contributed by atoms with E-state index in [0.717, 1.165) is 5.56 Å². The highest BCUT2D eigenvalue weighted by Gasteiger charge is 2.22. The number of aliphatic carboxylic acids is 1. The number of hydrogen-bond acceptors (Lipinski definition) is 3. The average Bonchev–Trinajstić information content (AvgIpc) is 2.47. The predicted molar refractivity (Wildman–Crippen MR) is 79.3 cm³/mol. The first kappa shape index (κ1) is 15.6. The van der Waals surface area contributed by atoms with Crippen LogP contribution >= 0.6 is 0 Å². The fourth-order valence-corrected chi connectivity index (χ4v) is 1.98. The second kappa shape index (κ2) is 6.80. The third-order valence-corrected chi connectivity index (χ3v) is 3.08.